The molecule has 1 fully saturated rings. The number of nitrogens with one attached hydrogen (secondary N) is 1. The number of hydrogen-bond donors (Lipinski definition) is 1. The van der Waals surface area contributed by atoms with Crippen molar-refractivity contribution in [3.05, 3.63) is 64.6 Å². The van der Waals surface area contributed by atoms with Crippen molar-refractivity contribution in [1.82, 2.24) is 4.90 Å². The average Bonchev–Trinajstić information content (AvgIpc) is 2.96. The fourth-order valence-electron chi connectivity index (χ4n) is 2.55. The zero-order chi connectivity index (χ0) is 20.8. The summed E-state index contributed by atoms with van der Waals surface area (Å²) >= 11 is 0.806. The van der Waals surface area contributed by atoms with Gasteiger partial charge in [0.2, 0.25) is 5.91 Å². The van der Waals surface area contributed by atoms with Crippen molar-refractivity contribution in [2.75, 3.05) is 18.5 Å². The number of amides is 3. The first-order chi connectivity index (χ1) is 14.0. The van der Waals surface area contributed by atoms with E-state index in [-0.39, 0.29) is 18.1 Å². The summed E-state index contributed by atoms with van der Waals surface area (Å²) in [5.41, 5.74) is 2.40. The number of aryl methyl sites for hydroxylation is 1. The molecule has 0 spiro atoms. The molecule has 1 heterocycles. The Hall–Kier alpha value is -3.50. The molecule has 6 nitrogen and oxygen atoms in total. The minimum atomic E-state index is -0.494. The van der Waals surface area contributed by atoms with Gasteiger partial charge in [0.15, 0.2) is 0 Å². The standard InChI is InChI=1S/C22H18N2O4S/c1-3-12-28-18-10-6-16(7-11-18)13-19-21(26)24(22(27)29-19)14-20(25)23-17-8-4-15(2)5-9-17/h1,4-11,13H,12,14H2,2H3,(H,23,25)/b19-13+. The molecule has 29 heavy (non-hydrogen) atoms. The van der Waals surface area contributed by atoms with E-state index >= 15 is 0 Å². The Morgan fingerprint density at radius 1 is 1.17 bits per heavy atom. The molecule has 0 bridgehead atoms. The number of anilines is 1. The largest absolute Gasteiger partial charge is 0.481 e. The van der Waals surface area contributed by atoms with Crippen molar-refractivity contribution >= 4 is 40.6 Å². The summed E-state index contributed by atoms with van der Waals surface area (Å²) in [6.45, 7) is 1.77. The molecule has 0 radical (unpaired) electrons. The van der Waals surface area contributed by atoms with E-state index in [1.165, 1.54) is 0 Å². The van der Waals surface area contributed by atoms with Gasteiger partial charge in [0.25, 0.3) is 11.1 Å². The van der Waals surface area contributed by atoms with E-state index in [1.807, 2.05) is 19.1 Å². The van der Waals surface area contributed by atoms with Gasteiger partial charge in [0, 0.05) is 5.69 Å². The average molecular weight is 406 g/mol. The molecule has 3 rings (SSSR count). The predicted molar refractivity (Wildman–Crippen MR) is 113 cm³/mol. The van der Waals surface area contributed by atoms with Crippen LogP contribution in [0.4, 0.5) is 10.5 Å². The van der Waals surface area contributed by atoms with Crippen LogP contribution in [0.15, 0.2) is 53.4 Å². The monoisotopic (exact) mass is 406 g/mol. The number of rotatable bonds is 6. The van der Waals surface area contributed by atoms with Gasteiger partial charge in [-0.1, -0.05) is 35.7 Å². The van der Waals surface area contributed by atoms with Crippen molar-refractivity contribution in [1.29, 1.82) is 0 Å². The third-order valence-electron chi connectivity index (χ3n) is 4.01. The normalized spacial score (nSPS) is 14.8. The lowest BCUT2D eigenvalue weighted by Crippen LogP contribution is -2.36. The van der Waals surface area contributed by atoms with E-state index in [9.17, 15) is 14.4 Å². The first-order valence-corrected chi connectivity index (χ1v) is 9.56. The molecule has 0 unspecified atom stereocenters. The van der Waals surface area contributed by atoms with Crippen LogP contribution in [-0.4, -0.2) is 35.1 Å². The molecular weight excluding hydrogens is 388 g/mol. The second-order valence-corrected chi connectivity index (χ2v) is 7.24. The SMILES string of the molecule is C#CCOc1ccc(/C=C2/SC(=O)N(CC(=O)Nc3ccc(C)cc3)C2=O)cc1. The Labute approximate surface area is 172 Å². The maximum atomic E-state index is 12.6. The van der Waals surface area contributed by atoms with Gasteiger partial charge < -0.3 is 10.1 Å². The van der Waals surface area contributed by atoms with Crippen LogP contribution in [0.5, 0.6) is 5.75 Å². The maximum absolute atomic E-state index is 12.6. The predicted octanol–water partition coefficient (Wildman–Crippen LogP) is 3.68. The lowest BCUT2D eigenvalue weighted by Gasteiger charge is -2.12. The van der Waals surface area contributed by atoms with Gasteiger partial charge in [-0.15, -0.1) is 6.42 Å². The molecule has 2 aromatic rings. The molecule has 1 saturated heterocycles. The van der Waals surface area contributed by atoms with Crippen molar-refractivity contribution in [2.24, 2.45) is 0 Å². The molecule has 7 heteroatoms. The van der Waals surface area contributed by atoms with Crippen LogP contribution in [-0.2, 0) is 9.59 Å². The highest BCUT2D eigenvalue weighted by Gasteiger charge is 2.36. The molecule has 1 N–H and O–H groups in total. The molecule has 0 atom stereocenters. The number of hydrogen-bond acceptors (Lipinski definition) is 5. The number of nitrogens with zero attached hydrogens (tertiary/aromatic N) is 1. The van der Waals surface area contributed by atoms with Crippen molar-refractivity contribution in [3.8, 4) is 18.1 Å². The lowest BCUT2D eigenvalue weighted by atomic mass is 10.2. The van der Waals surface area contributed by atoms with Crippen LogP contribution in [0.1, 0.15) is 11.1 Å². The van der Waals surface area contributed by atoms with Crippen molar-refractivity contribution in [2.45, 2.75) is 6.92 Å². The number of terminal acetylenes is 1. The fourth-order valence-corrected chi connectivity index (χ4v) is 3.39. The fraction of sp³-hybridized carbons (Fsp3) is 0.136. The molecule has 1 aliphatic rings. The third-order valence-corrected chi connectivity index (χ3v) is 4.92. The maximum Gasteiger partial charge on any atom is 0.294 e. The molecule has 2 aromatic carbocycles. The third kappa shape index (κ3) is 5.27. The van der Waals surface area contributed by atoms with Crippen molar-refractivity contribution < 1.29 is 19.1 Å². The van der Waals surface area contributed by atoms with Gasteiger partial charge in [0.05, 0.1) is 4.91 Å². The minimum Gasteiger partial charge on any atom is -0.481 e. The van der Waals surface area contributed by atoms with Crippen LogP contribution >= 0.6 is 11.8 Å². The number of ether oxygens (including phenoxy) is 1. The van der Waals surface area contributed by atoms with Crippen LogP contribution in [0.25, 0.3) is 6.08 Å². The Bertz CT molecular complexity index is 1000. The Morgan fingerprint density at radius 2 is 1.86 bits per heavy atom. The van der Waals surface area contributed by atoms with Crippen LogP contribution in [0, 0.1) is 19.3 Å². The summed E-state index contributed by atoms with van der Waals surface area (Å²) in [4.78, 5) is 38.2. The topological polar surface area (TPSA) is 75.7 Å². The molecule has 0 aromatic heterocycles. The number of carbonyl (C=O) groups is 3. The zero-order valence-corrected chi connectivity index (χ0v) is 16.5. The van der Waals surface area contributed by atoms with Crippen LogP contribution in [0.2, 0.25) is 0 Å². The first kappa shape index (κ1) is 20.2. The number of carbonyl (C=O) groups excluding carboxylic acids is 3. The van der Waals surface area contributed by atoms with Gasteiger partial charge in [-0.2, -0.15) is 0 Å². The van der Waals surface area contributed by atoms with Gasteiger partial charge in [0.1, 0.15) is 18.9 Å². The summed E-state index contributed by atoms with van der Waals surface area (Å²) in [6.07, 6.45) is 6.75. The van der Waals surface area contributed by atoms with E-state index < -0.39 is 17.1 Å². The van der Waals surface area contributed by atoms with Crippen LogP contribution < -0.4 is 10.1 Å². The van der Waals surface area contributed by atoms with Crippen LogP contribution in [0.3, 0.4) is 0 Å². The zero-order valence-electron chi connectivity index (χ0n) is 15.7. The molecule has 0 saturated carbocycles. The summed E-state index contributed by atoms with van der Waals surface area (Å²) in [5, 5.41) is 2.21. The summed E-state index contributed by atoms with van der Waals surface area (Å²) in [6, 6.07) is 14.2. The van der Waals surface area contributed by atoms with Gasteiger partial charge in [-0.3, -0.25) is 19.3 Å². The smallest absolute Gasteiger partial charge is 0.294 e. The Kier molecular flexibility index (Phi) is 6.37. The summed E-state index contributed by atoms with van der Waals surface area (Å²) in [5.74, 6) is 2.06. The highest BCUT2D eigenvalue weighted by atomic mass is 32.2. The van der Waals surface area contributed by atoms with Gasteiger partial charge in [-0.25, -0.2) is 0 Å². The Balaban J connectivity index is 1.64. The van der Waals surface area contributed by atoms with E-state index in [0.29, 0.717) is 11.4 Å². The van der Waals surface area contributed by atoms with E-state index in [4.69, 9.17) is 11.2 Å². The van der Waals surface area contributed by atoms with Gasteiger partial charge in [-0.05, 0) is 54.6 Å². The van der Waals surface area contributed by atoms with E-state index in [2.05, 4.69) is 11.2 Å². The second kappa shape index (κ2) is 9.13. The molecule has 3 amide bonds. The van der Waals surface area contributed by atoms with E-state index in [0.717, 1.165) is 27.8 Å². The van der Waals surface area contributed by atoms with Crippen molar-refractivity contribution in [3.63, 3.8) is 0 Å². The summed E-state index contributed by atoms with van der Waals surface area (Å²) in [7, 11) is 0. The number of thioether (sulfide) groups is 1. The second-order valence-electron chi connectivity index (χ2n) is 6.24. The number of benzene rings is 2. The number of imide groups is 1. The highest BCUT2D eigenvalue weighted by molar-refractivity contribution is 8.18. The molecule has 0 aliphatic carbocycles. The highest BCUT2D eigenvalue weighted by Crippen LogP contribution is 2.32. The molecule has 146 valence electrons. The first-order valence-electron chi connectivity index (χ1n) is 8.74. The minimum absolute atomic E-state index is 0.170. The summed E-state index contributed by atoms with van der Waals surface area (Å²) < 4.78 is 5.30. The Morgan fingerprint density at radius 3 is 2.52 bits per heavy atom. The quantitative estimate of drug-likeness (QED) is 0.585. The molecular formula is C22H18N2O4S. The van der Waals surface area contributed by atoms with Gasteiger partial charge >= 0.3 is 0 Å². The lowest BCUT2D eigenvalue weighted by molar-refractivity contribution is -0.127. The van der Waals surface area contributed by atoms with E-state index in [1.54, 1.807) is 42.5 Å². The molecule has 1 aliphatic heterocycles.